The van der Waals surface area contributed by atoms with Gasteiger partial charge in [0, 0.05) is 12.0 Å². The molecule has 2 unspecified atom stereocenters. The van der Waals surface area contributed by atoms with Crippen LogP contribution in [0.2, 0.25) is 0 Å². The van der Waals surface area contributed by atoms with Crippen LogP contribution in [0.4, 0.5) is 0 Å². The molecule has 0 aromatic carbocycles. The van der Waals surface area contributed by atoms with E-state index in [1.165, 1.54) is 19.3 Å². The van der Waals surface area contributed by atoms with Gasteiger partial charge in [-0.2, -0.15) is 0 Å². The van der Waals surface area contributed by atoms with Crippen molar-refractivity contribution >= 4 is 5.91 Å². The topological polar surface area (TPSA) is 41.1 Å². The fraction of sp³-hybridized carbons (Fsp3) is 0.929. The number of carbonyl (C=O) groups excluding carboxylic acids is 1. The minimum absolute atomic E-state index is 0.113. The summed E-state index contributed by atoms with van der Waals surface area (Å²) in [5.41, 5.74) is 0.113. The molecule has 2 aliphatic rings. The zero-order chi connectivity index (χ0) is 12.3. The van der Waals surface area contributed by atoms with Crippen molar-refractivity contribution < 1.29 is 4.79 Å². The summed E-state index contributed by atoms with van der Waals surface area (Å²) >= 11 is 0. The van der Waals surface area contributed by atoms with Crippen LogP contribution in [0.3, 0.4) is 0 Å². The van der Waals surface area contributed by atoms with Crippen LogP contribution in [0.25, 0.3) is 0 Å². The van der Waals surface area contributed by atoms with E-state index in [4.69, 9.17) is 0 Å². The molecule has 1 heterocycles. The van der Waals surface area contributed by atoms with Crippen molar-refractivity contribution in [2.24, 2.45) is 11.8 Å². The summed E-state index contributed by atoms with van der Waals surface area (Å²) in [5, 5.41) is 6.63. The average molecular weight is 238 g/mol. The zero-order valence-corrected chi connectivity index (χ0v) is 11.2. The second kappa shape index (κ2) is 5.38. The minimum atomic E-state index is 0.113. The monoisotopic (exact) mass is 238 g/mol. The lowest BCUT2D eigenvalue weighted by Gasteiger charge is -2.39. The van der Waals surface area contributed by atoms with E-state index in [2.05, 4.69) is 24.5 Å². The lowest BCUT2D eigenvalue weighted by molar-refractivity contribution is -0.125. The third-order valence-corrected chi connectivity index (χ3v) is 4.55. The van der Waals surface area contributed by atoms with Gasteiger partial charge in [0.1, 0.15) is 0 Å². The highest BCUT2D eigenvalue weighted by atomic mass is 16.1. The van der Waals surface area contributed by atoms with Gasteiger partial charge in [0.25, 0.3) is 0 Å². The molecule has 0 aromatic rings. The number of piperidine rings is 1. The number of amides is 1. The van der Waals surface area contributed by atoms with E-state index in [-0.39, 0.29) is 11.4 Å². The van der Waals surface area contributed by atoms with Crippen LogP contribution >= 0.6 is 0 Å². The summed E-state index contributed by atoms with van der Waals surface area (Å²) in [5.74, 6) is 1.44. The first-order valence-electron chi connectivity index (χ1n) is 7.11. The van der Waals surface area contributed by atoms with Gasteiger partial charge in [-0.1, -0.05) is 6.92 Å². The van der Waals surface area contributed by atoms with Crippen LogP contribution in [0.1, 0.15) is 52.4 Å². The van der Waals surface area contributed by atoms with E-state index in [0.29, 0.717) is 18.3 Å². The summed E-state index contributed by atoms with van der Waals surface area (Å²) in [6.45, 7) is 6.63. The standard InChI is InChI=1S/C14H26N2O/c1-11(12-5-3-8-15-10-12)9-13(17)16-14(2)6-4-7-14/h11-12,15H,3-10H2,1-2H3,(H,16,17). The average Bonchev–Trinajstić information content (AvgIpc) is 2.28. The molecule has 2 fully saturated rings. The summed E-state index contributed by atoms with van der Waals surface area (Å²) in [6, 6.07) is 0. The molecular weight excluding hydrogens is 212 g/mol. The van der Waals surface area contributed by atoms with Crippen LogP contribution in [-0.4, -0.2) is 24.5 Å². The maximum atomic E-state index is 12.0. The first-order chi connectivity index (χ1) is 8.09. The Kier molecular flexibility index (Phi) is 4.08. The maximum Gasteiger partial charge on any atom is 0.220 e. The quantitative estimate of drug-likeness (QED) is 0.787. The highest BCUT2D eigenvalue weighted by molar-refractivity contribution is 5.77. The molecule has 1 saturated carbocycles. The molecule has 17 heavy (non-hydrogen) atoms. The van der Waals surface area contributed by atoms with E-state index in [1.54, 1.807) is 0 Å². The Morgan fingerprint density at radius 3 is 2.76 bits per heavy atom. The molecule has 2 atom stereocenters. The van der Waals surface area contributed by atoms with Crippen LogP contribution in [0.5, 0.6) is 0 Å². The molecule has 2 N–H and O–H groups in total. The highest BCUT2D eigenvalue weighted by Gasteiger charge is 2.33. The lowest BCUT2D eigenvalue weighted by Crippen LogP contribution is -2.51. The van der Waals surface area contributed by atoms with Gasteiger partial charge in [0.2, 0.25) is 5.91 Å². The van der Waals surface area contributed by atoms with Gasteiger partial charge in [-0.15, -0.1) is 0 Å². The normalized spacial score (nSPS) is 29.2. The van der Waals surface area contributed by atoms with Gasteiger partial charge in [0.05, 0.1) is 0 Å². The van der Waals surface area contributed by atoms with Gasteiger partial charge < -0.3 is 10.6 Å². The Morgan fingerprint density at radius 1 is 1.47 bits per heavy atom. The van der Waals surface area contributed by atoms with E-state index in [9.17, 15) is 4.79 Å². The molecule has 0 aromatic heterocycles. The van der Waals surface area contributed by atoms with Gasteiger partial charge in [-0.3, -0.25) is 4.79 Å². The maximum absolute atomic E-state index is 12.0. The van der Waals surface area contributed by atoms with Gasteiger partial charge in [-0.25, -0.2) is 0 Å². The molecule has 2 rings (SSSR count). The second-order valence-corrected chi connectivity index (χ2v) is 6.25. The van der Waals surface area contributed by atoms with E-state index in [0.717, 1.165) is 25.9 Å². The van der Waals surface area contributed by atoms with Crippen LogP contribution in [0, 0.1) is 11.8 Å². The van der Waals surface area contributed by atoms with E-state index < -0.39 is 0 Å². The summed E-state index contributed by atoms with van der Waals surface area (Å²) in [4.78, 5) is 12.0. The molecule has 98 valence electrons. The molecule has 0 spiro atoms. The number of hydrogen-bond acceptors (Lipinski definition) is 2. The minimum Gasteiger partial charge on any atom is -0.351 e. The van der Waals surface area contributed by atoms with Crippen molar-refractivity contribution in [2.45, 2.75) is 57.9 Å². The Hall–Kier alpha value is -0.570. The van der Waals surface area contributed by atoms with Crippen molar-refractivity contribution in [3.63, 3.8) is 0 Å². The van der Waals surface area contributed by atoms with E-state index in [1.807, 2.05) is 0 Å². The fourth-order valence-electron chi connectivity index (χ4n) is 3.04. The van der Waals surface area contributed by atoms with Crippen LogP contribution in [0.15, 0.2) is 0 Å². The van der Waals surface area contributed by atoms with Gasteiger partial charge in [-0.05, 0) is 64.0 Å². The van der Waals surface area contributed by atoms with Crippen molar-refractivity contribution in [1.29, 1.82) is 0 Å². The van der Waals surface area contributed by atoms with Crippen molar-refractivity contribution in [2.75, 3.05) is 13.1 Å². The van der Waals surface area contributed by atoms with E-state index >= 15 is 0 Å². The smallest absolute Gasteiger partial charge is 0.220 e. The Bertz CT molecular complexity index is 267. The van der Waals surface area contributed by atoms with Gasteiger partial charge >= 0.3 is 0 Å². The van der Waals surface area contributed by atoms with Crippen molar-refractivity contribution in [3.05, 3.63) is 0 Å². The molecule has 1 amide bonds. The van der Waals surface area contributed by atoms with Crippen LogP contribution in [-0.2, 0) is 4.79 Å². The number of carbonyl (C=O) groups is 1. The molecule has 1 aliphatic carbocycles. The summed E-state index contributed by atoms with van der Waals surface area (Å²) in [6.07, 6.45) is 6.80. The van der Waals surface area contributed by atoms with Crippen LogP contribution < -0.4 is 10.6 Å². The molecular formula is C14H26N2O. The second-order valence-electron chi connectivity index (χ2n) is 6.25. The third kappa shape index (κ3) is 3.44. The van der Waals surface area contributed by atoms with Crippen molar-refractivity contribution in [1.82, 2.24) is 10.6 Å². The highest BCUT2D eigenvalue weighted by Crippen LogP contribution is 2.31. The molecule has 0 bridgehead atoms. The number of rotatable bonds is 4. The molecule has 1 saturated heterocycles. The first-order valence-corrected chi connectivity index (χ1v) is 7.11. The summed E-state index contributed by atoms with van der Waals surface area (Å²) < 4.78 is 0. The fourth-order valence-corrected chi connectivity index (χ4v) is 3.04. The molecule has 3 heteroatoms. The zero-order valence-electron chi connectivity index (χ0n) is 11.2. The predicted molar refractivity (Wildman–Crippen MR) is 69.8 cm³/mol. The Labute approximate surface area is 105 Å². The largest absolute Gasteiger partial charge is 0.351 e. The SMILES string of the molecule is CC(CC(=O)NC1(C)CCC1)C1CCCNC1. The first kappa shape index (κ1) is 12.9. The molecule has 0 radical (unpaired) electrons. The third-order valence-electron chi connectivity index (χ3n) is 4.55. The lowest BCUT2D eigenvalue weighted by atomic mass is 9.78. The molecule has 1 aliphatic heterocycles. The molecule has 3 nitrogen and oxygen atoms in total. The summed E-state index contributed by atoms with van der Waals surface area (Å²) in [7, 11) is 0. The predicted octanol–water partition coefficient (Wildman–Crippen LogP) is 2.07. The Morgan fingerprint density at radius 2 is 2.24 bits per heavy atom. The Balaban J connectivity index is 1.73. The number of hydrogen-bond donors (Lipinski definition) is 2. The number of nitrogens with one attached hydrogen (secondary N) is 2. The van der Waals surface area contributed by atoms with Gasteiger partial charge in [0.15, 0.2) is 0 Å². The van der Waals surface area contributed by atoms with Crippen molar-refractivity contribution in [3.8, 4) is 0 Å².